The second kappa shape index (κ2) is 7.98. The fraction of sp³-hybridized carbons (Fsp3) is 0.500. The average molecular weight is 280 g/mol. The number of carboxylic acid groups (broad SMARTS) is 1. The quantitative estimate of drug-likeness (QED) is 0.316. The zero-order valence-electron chi connectivity index (χ0n) is 8.61. The van der Waals surface area contributed by atoms with Gasteiger partial charge in [0.1, 0.15) is 11.6 Å². The molecule has 0 aromatic rings. The predicted octanol–water partition coefficient (Wildman–Crippen LogP) is -2.33. The van der Waals surface area contributed by atoms with E-state index in [-0.39, 0.29) is 41.7 Å². The second-order valence-corrected chi connectivity index (χ2v) is 2.87. The Kier molecular flexibility index (Phi) is 8.56. The maximum Gasteiger partial charge on any atom is 1.00 e. The third-order valence-electron chi connectivity index (χ3n) is 1.18. The van der Waals surface area contributed by atoms with Gasteiger partial charge in [0, 0.05) is 0 Å². The number of hydrogen-bond acceptors (Lipinski definition) is 7. The molecular formula is C8H10CuNO6. The number of carboxylic acids is 1. The summed E-state index contributed by atoms with van der Waals surface area (Å²) in [5, 5.41) is 10.7. The van der Waals surface area contributed by atoms with Crippen molar-refractivity contribution >= 4 is 23.5 Å². The molecule has 0 amide bonds. The van der Waals surface area contributed by atoms with E-state index < -0.39 is 11.9 Å². The molecule has 0 bridgehead atoms. The van der Waals surface area contributed by atoms with Crippen LogP contribution < -0.4 is 5.11 Å². The summed E-state index contributed by atoms with van der Waals surface area (Å²) in [6, 6.07) is 0. The van der Waals surface area contributed by atoms with Crippen LogP contribution in [0.3, 0.4) is 0 Å². The Bertz CT molecular complexity index is 287. The second-order valence-electron chi connectivity index (χ2n) is 2.87. The van der Waals surface area contributed by atoms with E-state index in [4.69, 9.17) is 0 Å². The molecule has 0 rings (SSSR count). The Morgan fingerprint density at radius 3 is 1.69 bits per heavy atom. The summed E-state index contributed by atoms with van der Waals surface area (Å²) < 4.78 is 0. The molecule has 0 fully saturated rings. The zero-order valence-corrected chi connectivity index (χ0v) is 9.55. The van der Waals surface area contributed by atoms with Crippen molar-refractivity contribution in [1.29, 1.82) is 0 Å². The third-order valence-corrected chi connectivity index (χ3v) is 1.18. The number of Topliss-reactive ketones (excluding diaryl/α,β-unsaturated/α-hetero) is 2. The van der Waals surface area contributed by atoms with Gasteiger partial charge >= 0.3 is 23.0 Å². The summed E-state index contributed by atoms with van der Waals surface area (Å²) in [4.78, 5) is 46.2. The first-order chi connectivity index (χ1) is 6.82. The minimum absolute atomic E-state index is 0. The molecule has 94 valence electrons. The number of rotatable bonds is 5. The molecule has 0 radical (unpaired) electrons. The van der Waals surface area contributed by atoms with Crippen molar-refractivity contribution in [2.75, 3.05) is 13.1 Å². The van der Waals surface area contributed by atoms with E-state index in [2.05, 4.69) is 4.84 Å². The molecule has 0 aromatic carbocycles. The number of hydrogen-bond donors (Lipinski definition) is 0. The molecule has 0 aromatic heterocycles. The van der Waals surface area contributed by atoms with Crippen molar-refractivity contribution in [2.24, 2.45) is 0 Å². The van der Waals surface area contributed by atoms with Crippen LogP contribution in [0.15, 0.2) is 0 Å². The molecule has 0 aliphatic rings. The smallest absolute Gasteiger partial charge is 0.539 e. The molecule has 16 heavy (non-hydrogen) atoms. The zero-order chi connectivity index (χ0) is 12.0. The molecule has 8 heteroatoms. The van der Waals surface area contributed by atoms with Gasteiger partial charge in [-0.25, -0.2) is 4.79 Å². The van der Waals surface area contributed by atoms with Gasteiger partial charge in [0.2, 0.25) is 0 Å². The number of carbonyl (C=O) groups is 4. The molecule has 0 unspecified atom stereocenters. The van der Waals surface area contributed by atoms with Crippen LogP contribution in [-0.4, -0.2) is 41.7 Å². The Labute approximate surface area is 102 Å². The van der Waals surface area contributed by atoms with Gasteiger partial charge in [-0.3, -0.25) is 9.59 Å². The first kappa shape index (κ1) is 17.2. The van der Waals surface area contributed by atoms with E-state index in [9.17, 15) is 24.3 Å². The van der Waals surface area contributed by atoms with Crippen LogP contribution in [-0.2, 0) is 41.1 Å². The minimum Gasteiger partial charge on any atom is -0.539 e. The molecule has 0 aliphatic carbocycles. The summed E-state index contributed by atoms with van der Waals surface area (Å²) in [7, 11) is 0. The Morgan fingerprint density at radius 1 is 1.06 bits per heavy atom. The number of ketones is 2. The van der Waals surface area contributed by atoms with Crippen molar-refractivity contribution < 1.29 is 46.2 Å². The van der Waals surface area contributed by atoms with Crippen LogP contribution in [0.4, 0.5) is 0 Å². The van der Waals surface area contributed by atoms with E-state index in [1.54, 1.807) is 0 Å². The van der Waals surface area contributed by atoms with Crippen molar-refractivity contribution in [2.45, 2.75) is 13.8 Å². The maximum absolute atomic E-state index is 10.7. The monoisotopic (exact) mass is 279 g/mol. The third kappa shape index (κ3) is 8.10. The van der Waals surface area contributed by atoms with Crippen LogP contribution in [0.25, 0.3) is 0 Å². The summed E-state index contributed by atoms with van der Waals surface area (Å²) >= 11 is 0. The average Bonchev–Trinajstić information content (AvgIpc) is 2.00. The SMILES string of the molecule is CC(=O)CN(CC(C)=O)OC(=O)C(=O)[O-].[Cu+]. The van der Waals surface area contributed by atoms with Gasteiger partial charge in [0.05, 0.1) is 13.1 Å². The molecule has 7 nitrogen and oxygen atoms in total. The first-order valence-corrected chi connectivity index (χ1v) is 4.00. The standard InChI is InChI=1S/C8H11NO6.Cu/c1-5(10)3-9(4-6(2)11)15-8(14)7(12)13;/h3-4H2,1-2H3,(H,12,13);/q;+1/p-1. The fourth-order valence-corrected chi connectivity index (χ4v) is 0.772. The summed E-state index contributed by atoms with van der Waals surface area (Å²) in [5.74, 6) is -4.42. The number of nitrogens with zero attached hydrogens (tertiary/aromatic N) is 1. The van der Waals surface area contributed by atoms with Gasteiger partial charge in [-0.15, -0.1) is 5.06 Å². The van der Waals surface area contributed by atoms with Crippen molar-refractivity contribution in [3.05, 3.63) is 0 Å². The Balaban J connectivity index is 0. The molecule has 0 spiro atoms. The van der Waals surface area contributed by atoms with Gasteiger partial charge in [-0.2, -0.15) is 0 Å². The number of aliphatic carboxylic acids is 1. The summed E-state index contributed by atoms with van der Waals surface area (Å²) in [6.45, 7) is 1.72. The first-order valence-electron chi connectivity index (χ1n) is 4.00. The molecule has 0 N–H and O–H groups in total. The van der Waals surface area contributed by atoms with E-state index in [0.717, 1.165) is 0 Å². The van der Waals surface area contributed by atoms with Crippen LogP contribution >= 0.6 is 0 Å². The van der Waals surface area contributed by atoms with Crippen molar-refractivity contribution in [3.8, 4) is 0 Å². The summed E-state index contributed by atoms with van der Waals surface area (Å²) in [5.41, 5.74) is 0. The van der Waals surface area contributed by atoms with Gasteiger partial charge in [-0.1, -0.05) is 0 Å². The molecule has 0 saturated carbocycles. The molecule has 0 heterocycles. The maximum atomic E-state index is 10.7. The molecule has 0 aliphatic heterocycles. The van der Waals surface area contributed by atoms with Gasteiger partial charge < -0.3 is 14.7 Å². The normalized spacial score (nSPS) is 9.19. The topological polar surface area (TPSA) is 104 Å². The van der Waals surface area contributed by atoms with Crippen LogP contribution in [0.2, 0.25) is 0 Å². The van der Waals surface area contributed by atoms with Crippen molar-refractivity contribution in [3.63, 3.8) is 0 Å². The Hall–Kier alpha value is -1.24. The molecule has 0 atom stereocenters. The van der Waals surface area contributed by atoms with E-state index in [0.29, 0.717) is 5.06 Å². The van der Waals surface area contributed by atoms with Crippen LogP contribution in [0.1, 0.15) is 13.8 Å². The van der Waals surface area contributed by atoms with Gasteiger partial charge in [0.25, 0.3) is 0 Å². The van der Waals surface area contributed by atoms with Crippen LogP contribution in [0.5, 0.6) is 0 Å². The van der Waals surface area contributed by atoms with Crippen LogP contribution in [0, 0.1) is 0 Å². The van der Waals surface area contributed by atoms with E-state index in [1.165, 1.54) is 13.8 Å². The van der Waals surface area contributed by atoms with E-state index >= 15 is 0 Å². The fourth-order valence-electron chi connectivity index (χ4n) is 0.772. The van der Waals surface area contributed by atoms with Gasteiger partial charge in [0.15, 0.2) is 5.97 Å². The number of hydroxylamine groups is 2. The molecular weight excluding hydrogens is 270 g/mol. The van der Waals surface area contributed by atoms with Crippen molar-refractivity contribution in [1.82, 2.24) is 5.06 Å². The predicted molar refractivity (Wildman–Crippen MR) is 44.0 cm³/mol. The van der Waals surface area contributed by atoms with Gasteiger partial charge in [-0.05, 0) is 13.8 Å². The number of carbonyl (C=O) groups excluding carboxylic acids is 4. The molecule has 0 saturated heterocycles. The van der Waals surface area contributed by atoms with E-state index in [1.807, 2.05) is 0 Å². The Morgan fingerprint density at radius 2 is 1.44 bits per heavy atom. The largest absolute Gasteiger partial charge is 1.00 e. The summed E-state index contributed by atoms with van der Waals surface area (Å²) in [6.07, 6.45) is 0. The minimum atomic E-state index is -2.04.